The Morgan fingerprint density at radius 2 is 1.86 bits per heavy atom. The number of nitrogens with zero attached hydrogens (tertiary/aromatic N) is 4. The molecule has 0 aliphatic rings. The molecular weight excluding hydrogens is 419 g/mol. The zero-order valence-electron chi connectivity index (χ0n) is 13.8. The highest BCUT2D eigenvalue weighted by Crippen LogP contribution is 2.30. The fourth-order valence-electron chi connectivity index (χ4n) is 2.39. The molecule has 1 amide bonds. The molecule has 3 aromatic rings. The average molecular weight is 425 g/mol. The maximum atomic E-state index is 12.9. The molecule has 10 nitrogen and oxygen atoms in total. The maximum absolute atomic E-state index is 12.9. The Morgan fingerprint density at radius 3 is 2.41 bits per heavy atom. The largest absolute Gasteiger partial charge is 0.710 e. The van der Waals surface area contributed by atoms with Crippen molar-refractivity contribution in [2.24, 2.45) is 0 Å². The molecule has 0 aliphatic heterocycles. The lowest BCUT2D eigenvalue weighted by molar-refractivity contribution is -0.620. The van der Waals surface area contributed by atoms with Crippen LogP contribution in [0.15, 0.2) is 30.3 Å². The molecular formula is C15H6F3N5O5S. The quantitative estimate of drug-likeness (QED) is 0.294. The Labute approximate surface area is 162 Å². The van der Waals surface area contributed by atoms with Gasteiger partial charge in [0.1, 0.15) is 4.88 Å². The highest BCUT2D eigenvalue weighted by atomic mass is 32.1. The smallest absolute Gasteiger partial charge is 0.416 e. The van der Waals surface area contributed by atoms with Crippen molar-refractivity contribution < 1.29 is 32.3 Å². The van der Waals surface area contributed by atoms with E-state index in [-0.39, 0.29) is 19.3 Å². The van der Waals surface area contributed by atoms with Crippen LogP contribution in [-0.2, 0) is 6.18 Å². The second-order valence-electron chi connectivity index (χ2n) is 5.45. The number of amides is 1. The number of halogens is 3. The third kappa shape index (κ3) is 3.46. The van der Waals surface area contributed by atoms with Crippen LogP contribution in [0.1, 0.15) is 20.9 Å². The molecule has 2 aromatic heterocycles. The van der Waals surface area contributed by atoms with Crippen LogP contribution in [0.2, 0.25) is 0 Å². The molecule has 3 rings (SSSR count). The summed E-state index contributed by atoms with van der Waals surface area (Å²) < 4.78 is 38.3. The number of alkyl halides is 3. The van der Waals surface area contributed by atoms with E-state index in [1.165, 1.54) is 6.07 Å². The van der Waals surface area contributed by atoms with Gasteiger partial charge in [0.25, 0.3) is 5.52 Å². The maximum Gasteiger partial charge on any atom is 0.416 e. The normalized spacial score (nSPS) is 11.2. The zero-order valence-corrected chi connectivity index (χ0v) is 14.6. The van der Waals surface area contributed by atoms with Gasteiger partial charge in [-0.3, -0.25) is 10.1 Å². The number of carbonyl (C=O) groups is 1. The zero-order chi connectivity index (χ0) is 21.5. The van der Waals surface area contributed by atoms with Gasteiger partial charge < -0.3 is 10.4 Å². The summed E-state index contributed by atoms with van der Waals surface area (Å²) in [6.45, 7) is 0. The summed E-state index contributed by atoms with van der Waals surface area (Å²) >= 11 is 0.485. The second-order valence-corrected chi connectivity index (χ2v) is 6.51. The average Bonchev–Trinajstić information content (AvgIpc) is 3.15. The summed E-state index contributed by atoms with van der Waals surface area (Å²) in [5.41, 5.74) is -3.41. The first-order valence-corrected chi connectivity index (χ1v) is 8.22. The molecule has 1 N–H and O–H groups in total. The van der Waals surface area contributed by atoms with Crippen molar-refractivity contribution >= 4 is 39.1 Å². The standard InChI is InChI=1S/C15H6F3N5O5S/c16-15(17,18)7-1-2-8-9(5-7)21(25)10(6-19)13(22(8)26)20-14(24)11-3-4-12(29-11)23(27)28/h1-5H,(H,20,24). The number of carbonyl (C=O) groups excluding carboxylic acids is 1. The van der Waals surface area contributed by atoms with Crippen LogP contribution in [0.4, 0.5) is 24.0 Å². The van der Waals surface area contributed by atoms with Gasteiger partial charge in [0.05, 0.1) is 10.5 Å². The molecule has 0 saturated carbocycles. The lowest BCUT2D eigenvalue weighted by Crippen LogP contribution is -2.44. The Morgan fingerprint density at radius 1 is 1.17 bits per heavy atom. The van der Waals surface area contributed by atoms with Crippen molar-refractivity contribution in [1.29, 1.82) is 5.26 Å². The SMILES string of the molecule is N#Cc1c(NC(=O)c2ccc([N+](=O)[O-])s2)[n+]([O-])c2ccc(C(F)(F)F)cc2[n+]1[O-]. The third-order valence-electron chi connectivity index (χ3n) is 3.70. The van der Waals surface area contributed by atoms with Gasteiger partial charge in [-0.25, -0.2) is 9.52 Å². The summed E-state index contributed by atoms with van der Waals surface area (Å²) in [5, 5.41) is 46.4. The highest BCUT2D eigenvalue weighted by molar-refractivity contribution is 7.17. The van der Waals surface area contributed by atoms with E-state index in [9.17, 15) is 43.8 Å². The van der Waals surface area contributed by atoms with E-state index in [4.69, 9.17) is 0 Å². The predicted molar refractivity (Wildman–Crippen MR) is 90.5 cm³/mol. The lowest BCUT2D eigenvalue weighted by Gasteiger charge is -2.14. The van der Waals surface area contributed by atoms with Crippen LogP contribution in [0, 0.1) is 31.9 Å². The van der Waals surface area contributed by atoms with Gasteiger partial charge in [-0.1, -0.05) is 11.3 Å². The predicted octanol–water partition coefficient (Wildman–Crippen LogP) is 2.22. The summed E-state index contributed by atoms with van der Waals surface area (Å²) in [7, 11) is 0. The summed E-state index contributed by atoms with van der Waals surface area (Å²) in [5.74, 6) is -1.84. The third-order valence-corrected chi connectivity index (χ3v) is 4.74. The highest BCUT2D eigenvalue weighted by Gasteiger charge is 2.35. The monoisotopic (exact) mass is 425 g/mol. The fourth-order valence-corrected chi connectivity index (χ4v) is 3.11. The summed E-state index contributed by atoms with van der Waals surface area (Å²) in [6.07, 6.45) is -4.79. The number of nitrogens with one attached hydrogen (secondary N) is 1. The van der Waals surface area contributed by atoms with Crippen LogP contribution in [0.3, 0.4) is 0 Å². The van der Waals surface area contributed by atoms with Gasteiger partial charge in [0, 0.05) is 12.1 Å². The number of hydrogen-bond acceptors (Lipinski definition) is 7. The van der Waals surface area contributed by atoms with E-state index in [1.54, 1.807) is 0 Å². The first kappa shape index (κ1) is 19.8. The number of thiophene rings is 1. The van der Waals surface area contributed by atoms with Gasteiger partial charge in [-0.2, -0.15) is 23.7 Å². The molecule has 1 aromatic carbocycles. The lowest BCUT2D eigenvalue weighted by atomic mass is 10.2. The second kappa shape index (κ2) is 6.87. The molecule has 2 heterocycles. The van der Waals surface area contributed by atoms with Crippen molar-refractivity contribution in [1.82, 2.24) is 0 Å². The number of benzene rings is 1. The summed E-state index contributed by atoms with van der Waals surface area (Å²) in [6, 6.07) is 5.21. The molecule has 0 unspecified atom stereocenters. The van der Waals surface area contributed by atoms with Gasteiger partial charge in [-0.05, 0) is 18.2 Å². The van der Waals surface area contributed by atoms with Gasteiger partial charge in [0.15, 0.2) is 6.07 Å². The number of rotatable bonds is 3. The van der Waals surface area contributed by atoms with Crippen LogP contribution in [0.5, 0.6) is 0 Å². The summed E-state index contributed by atoms with van der Waals surface area (Å²) in [4.78, 5) is 22.0. The number of nitro groups is 1. The molecule has 29 heavy (non-hydrogen) atoms. The Bertz CT molecular complexity index is 1220. The first-order chi connectivity index (χ1) is 13.5. The molecule has 0 spiro atoms. The number of hydrogen-bond donors (Lipinski definition) is 1. The molecule has 14 heteroatoms. The van der Waals surface area contributed by atoms with E-state index >= 15 is 0 Å². The van der Waals surface area contributed by atoms with E-state index in [2.05, 4.69) is 0 Å². The molecule has 0 atom stereocenters. The Balaban J connectivity index is 2.12. The van der Waals surface area contributed by atoms with Crippen molar-refractivity contribution in [2.45, 2.75) is 6.18 Å². The van der Waals surface area contributed by atoms with Crippen molar-refractivity contribution in [2.75, 3.05) is 5.32 Å². The molecule has 0 fully saturated rings. The number of fused-ring (bicyclic) bond motifs is 1. The van der Waals surface area contributed by atoms with Gasteiger partial charge in [0.2, 0.25) is 5.52 Å². The molecule has 0 saturated heterocycles. The number of anilines is 1. The minimum Gasteiger partial charge on any atom is -0.710 e. The fraction of sp³-hybridized carbons (Fsp3) is 0.0667. The van der Waals surface area contributed by atoms with Crippen LogP contribution < -0.4 is 14.8 Å². The van der Waals surface area contributed by atoms with E-state index in [1.807, 2.05) is 5.32 Å². The molecule has 0 radical (unpaired) electrons. The number of nitriles is 1. The topological polar surface area (TPSA) is 150 Å². The van der Waals surface area contributed by atoms with Gasteiger partial charge >= 0.3 is 28.6 Å². The van der Waals surface area contributed by atoms with Crippen molar-refractivity contribution in [3.8, 4) is 6.07 Å². The van der Waals surface area contributed by atoms with Crippen LogP contribution in [0.25, 0.3) is 11.0 Å². The van der Waals surface area contributed by atoms with E-state index in [0.717, 1.165) is 18.2 Å². The Kier molecular flexibility index (Phi) is 4.68. The minimum atomic E-state index is -4.79. The van der Waals surface area contributed by atoms with Crippen LogP contribution in [-0.4, -0.2) is 10.8 Å². The number of aromatic nitrogens is 2. The minimum absolute atomic E-state index is 0.0671. The van der Waals surface area contributed by atoms with Crippen molar-refractivity contribution in [3.05, 3.63) is 67.0 Å². The van der Waals surface area contributed by atoms with E-state index in [0.29, 0.717) is 23.5 Å². The van der Waals surface area contributed by atoms with Gasteiger partial charge in [-0.15, -0.1) is 4.73 Å². The Hall–Kier alpha value is -3.99. The molecule has 148 valence electrons. The van der Waals surface area contributed by atoms with Crippen molar-refractivity contribution in [3.63, 3.8) is 0 Å². The van der Waals surface area contributed by atoms with E-state index < -0.39 is 45.1 Å². The molecule has 0 bridgehead atoms. The van der Waals surface area contributed by atoms with Crippen LogP contribution >= 0.6 is 11.3 Å². The first-order valence-electron chi connectivity index (χ1n) is 7.40. The molecule has 0 aliphatic carbocycles.